The third kappa shape index (κ3) is 5.46. The standard InChI is InChI=1S/C17H22F4N2.2ClH/c18-15-10-13(9-14(11-15)17(19,20)21)16(12-3-1-2-4-12)23-7-5-22-6-8-23;;/h9-12,16,22H,1-8H2;2*1H/t16-;;/m1../s1. The van der Waals surface area contributed by atoms with E-state index in [0.29, 0.717) is 17.5 Å². The van der Waals surface area contributed by atoms with Gasteiger partial charge in [0.05, 0.1) is 5.56 Å². The van der Waals surface area contributed by atoms with Crippen LogP contribution in [0.15, 0.2) is 18.2 Å². The van der Waals surface area contributed by atoms with Crippen LogP contribution in [0.2, 0.25) is 0 Å². The number of hydrogen-bond acceptors (Lipinski definition) is 2. The lowest BCUT2D eigenvalue weighted by Crippen LogP contribution is -2.46. The Hall–Kier alpha value is -0.560. The van der Waals surface area contributed by atoms with Crippen LogP contribution in [0, 0.1) is 11.7 Å². The lowest BCUT2D eigenvalue weighted by atomic mass is 9.88. The molecule has 0 bridgehead atoms. The third-order valence-electron chi connectivity index (χ3n) is 4.98. The van der Waals surface area contributed by atoms with Crippen molar-refractivity contribution < 1.29 is 17.6 Å². The lowest BCUT2D eigenvalue weighted by Gasteiger charge is -2.39. The first kappa shape index (κ1) is 22.5. The van der Waals surface area contributed by atoms with Crippen molar-refractivity contribution in [3.63, 3.8) is 0 Å². The molecule has 0 aromatic heterocycles. The average Bonchev–Trinajstić information content (AvgIpc) is 3.01. The molecule has 25 heavy (non-hydrogen) atoms. The van der Waals surface area contributed by atoms with Crippen molar-refractivity contribution in [2.45, 2.75) is 37.9 Å². The van der Waals surface area contributed by atoms with E-state index >= 15 is 0 Å². The van der Waals surface area contributed by atoms with E-state index in [9.17, 15) is 17.6 Å². The summed E-state index contributed by atoms with van der Waals surface area (Å²) < 4.78 is 53.0. The average molecular weight is 403 g/mol. The summed E-state index contributed by atoms with van der Waals surface area (Å²) in [5.41, 5.74) is -0.406. The van der Waals surface area contributed by atoms with E-state index in [0.717, 1.165) is 57.9 Å². The molecule has 1 aliphatic carbocycles. The second kappa shape index (κ2) is 9.40. The molecule has 1 atom stereocenters. The molecule has 1 N–H and O–H groups in total. The molecule has 1 heterocycles. The minimum Gasteiger partial charge on any atom is -0.314 e. The normalized spacial score (nSPS) is 20.6. The lowest BCUT2D eigenvalue weighted by molar-refractivity contribution is -0.137. The molecule has 0 radical (unpaired) electrons. The highest BCUT2D eigenvalue weighted by atomic mass is 35.5. The van der Waals surface area contributed by atoms with Gasteiger partial charge in [0.25, 0.3) is 0 Å². The van der Waals surface area contributed by atoms with Gasteiger partial charge in [-0.1, -0.05) is 12.8 Å². The molecule has 144 valence electrons. The minimum atomic E-state index is -4.51. The summed E-state index contributed by atoms with van der Waals surface area (Å²) in [6.45, 7) is 3.23. The molecule has 0 unspecified atom stereocenters. The molecule has 1 saturated carbocycles. The van der Waals surface area contributed by atoms with Crippen LogP contribution in [-0.4, -0.2) is 31.1 Å². The Balaban J connectivity index is 0.00000156. The highest BCUT2D eigenvalue weighted by Gasteiger charge is 2.36. The molecule has 8 heteroatoms. The Bertz CT molecular complexity index is 542. The van der Waals surface area contributed by atoms with Gasteiger partial charge in [0, 0.05) is 32.2 Å². The van der Waals surface area contributed by atoms with E-state index in [4.69, 9.17) is 0 Å². The van der Waals surface area contributed by atoms with Crippen LogP contribution in [0.5, 0.6) is 0 Å². The van der Waals surface area contributed by atoms with Crippen molar-refractivity contribution in [3.05, 3.63) is 35.1 Å². The fourth-order valence-electron chi connectivity index (χ4n) is 3.96. The summed E-state index contributed by atoms with van der Waals surface area (Å²) in [5.74, 6) is -0.482. The largest absolute Gasteiger partial charge is 0.416 e. The van der Waals surface area contributed by atoms with Crippen LogP contribution in [0.1, 0.15) is 42.9 Å². The number of halogens is 6. The van der Waals surface area contributed by atoms with E-state index in [2.05, 4.69) is 10.2 Å². The van der Waals surface area contributed by atoms with Gasteiger partial charge in [-0.2, -0.15) is 13.2 Å². The maximum Gasteiger partial charge on any atom is 0.416 e. The zero-order valence-corrected chi connectivity index (χ0v) is 15.5. The Morgan fingerprint density at radius 1 is 1.00 bits per heavy atom. The molecular weight excluding hydrogens is 379 g/mol. The van der Waals surface area contributed by atoms with Crippen LogP contribution < -0.4 is 5.32 Å². The van der Waals surface area contributed by atoms with Gasteiger partial charge in [-0.25, -0.2) is 4.39 Å². The molecule has 3 rings (SSSR count). The molecule has 2 fully saturated rings. The Morgan fingerprint density at radius 3 is 2.16 bits per heavy atom. The number of rotatable bonds is 3. The number of nitrogens with one attached hydrogen (secondary N) is 1. The van der Waals surface area contributed by atoms with Gasteiger partial charge in [-0.05, 0) is 42.5 Å². The Labute approximate surface area is 158 Å². The van der Waals surface area contributed by atoms with Crippen molar-refractivity contribution >= 4 is 24.8 Å². The summed E-state index contributed by atoms with van der Waals surface area (Å²) in [6, 6.07) is 2.91. The quantitative estimate of drug-likeness (QED) is 0.728. The first-order chi connectivity index (χ1) is 10.9. The Morgan fingerprint density at radius 2 is 1.60 bits per heavy atom. The molecule has 1 saturated heterocycles. The summed E-state index contributed by atoms with van der Waals surface area (Å²) in [7, 11) is 0. The van der Waals surface area contributed by atoms with Crippen LogP contribution >= 0.6 is 24.8 Å². The smallest absolute Gasteiger partial charge is 0.314 e. The predicted octanol–water partition coefficient (Wildman–Crippen LogP) is 4.82. The molecule has 0 spiro atoms. The van der Waals surface area contributed by atoms with Crippen molar-refractivity contribution in [2.75, 3.05) is 26.2 Å². The second-order valence-corrected chi connectivity index (χ2v) is 6.55. The van der Waals surface area contributed by atoms with Gasteiger partial charge in [-0.15, -0.1) is 24.8 Å². The summed E-state index contributed by atoms with van der Waals surface area (Å²) in [4.78, 5) is 2.22. The number of piperazine rings is 1. The monoisotopic (exact) mass is 402 g/mol. The minimum absolute atomic E-state index is 0. The Kier molecular flexibility index (Phi) is 8.45. The number of alkyl halides is 3. The maximum atomic E-state index is 13.8. The highest BCUT2D eigenvalue weighted by molar-refractivity contribution is 5.85. The topological polar surface area (TPSA) is 15.3 Å². The van der Waals surface area contributed by atoms with Crippen LogP contribution in [-0.2, 0) is 6.18 Å². The molecule has 1 aliphatic heterocycles. The number of nitrogens with zero attached hydrogens (tertiary/aromatic N) is 1. The van der Waals surface area contributed by atoms with Gasteiger partial charge in [0.15, 0.2) is 0 Å². The molecule has 2 nitrogen and oxygen atoms in total. The van der Waals surface area contributed by atoms with Crippen molar-refractivity contribution in [1.82, 2.24) is 10.2 Å². The van der Waals surface area contributed by atoms with Gasteiger partial charge < -0.3 is 5.32 Å². The highest BCUT2D eigenvalue weighted by Crippen LogP contribution is 2.41. The SMILES string of the molecule is Cl.Cl.Fc1cc([C@@H](C2CCCC2)N2CCNCC2)cc(C(F)(F)F)c1. The third-order valence-corrected chi connectivity index (χ3v) is 4.98. The first-order valence-corrected chi connectivity index (χ1v) is 8.27. The van der Waals surface area contributed by atoms with E-state index < -0.39 is 17.6 Å². The van der Waals surface area contributed by atoms with Crippen molar-refractivity contribution in [2.24, 2.45) is 5.92 Å². The summed E-state index contributed by atoms with van der Waals surface area (Å²) in [6.07, 6.45) is -0.289. The maximum absolute atomic E-state index is 13.8. The van der Waals surface area contributed by atoms with Crippen LogP contribution in [0.4, 0.5) is 17.6 Å². The molecule has 1 aromatic carbocycles. The predicted molar refractivity (Wildman–Crippen MR) is 95.0 cm³/mol. The van der Waals surface area contributed by atoms with E-state index in [1.54, 1.807) is 0 Å². The van der Waals surface area contributed by atoms with Gasteiger partial charge >= 0.3 is 6.18 Å². The fourth-order valence-corrected chi connectivity index (χ4v) is 3.96. The van der Waals surface area contributed by atoms with E-state index in [-0.39, 0.29) is 30.9 Å². The number of benzene rings is 1. The summed E-state index contributed by atoms with van der Waals surface area (Å²) in [5, 5.41) is 3.26. The van der Waals surface area contributed by atoms with Crippen molar-refractivity contribution in [3.8, 4) is 0 Å². The van der Waals surface area contributed by atoms with Crippen LogP contribution in [0.25, 0.3) is 0 Å². The van der Waals surface area contributed by atoms with Gasteiger partial charge in [0.1, 0.15) is 5.82 Å². The van der Waals surface area contributed by atoms with E-state index in [1.165, 1.54) is 6.07 Å². The van der Waals surface area contributed by atoms with E-state index in [1.807, 2.05) is 0 Å². The second-order valence-electron chi connectivity index (χ2n) is 6.55. The first-order valence-electron chi connectivity index (χ1n) is 8.27. The van der Waals surface area contributed by atoms with Crippen molar-refractivity contribution in [1.29, 1.82) is 0 Å². The zero-order valence-electron chi connectivity index (χ0n) is 13.8. The van der Waals surface area contributed by atoms with Gasteiger partial charge in [0.2, 0.25) is 0 Å². The number of hydrogen-bond donors (Lipinski definition) is 1. The molecule has 1 aromatic rings. The fraction of sp³-hybridized carbons (Fsp3) is 0.647. The molecular formula is C17H24Cl2F4N2. The summed E-state index contributed by atoms with van der Waals surface area (Å²) >= 11 is 0. The molecule has 2 aliphatic rings. The zero-order chi connectivity index (χ0) is 16.4. The molecule has 0 amide bonds. The van der Waals surface area contributed by atoms with Crippen LogP contribution in [0.3, 0.4) is 0 Å². The van der Waals surface area contributed by atoms with Gasteiger partial charge in [-0.3, -0.25) is 4.90 Å².